The second kappa shape index (κ2) is 6.45. The average molecular weight is 239 g/mol. The normalized spacial score (nSPS) is 11.2. The van der Waals surface area contributed by atoms with E-state index in [4.69, 9.17) is 5.73 Å². The molecule has 0 saturated carbocycles. The molecule has 0 heterocycles. The predicted octanol–water partition coefficient (Wildman–Crippen LogP) is 2.55. The van der Waals surface area contributed by atoms with Gasteiger partial charge in [-0.1, -0.05) is 0 Å². The van der Waals surface area contributed by atoms with Crippen LogP contribution in [0.3, 0.4) is 0 Å². The maximum absolute atomic E-state index is 13.4. The van der Waals surface area contributed by atoms with Gasteiger partial charge in [0.05, 0.1) is 5.69 Å². The summed E-state index contributed by atoms with van der Waals surface area (Å²) in [4.78, 5) is 2.26. The number of hydrogen-bond acceptors (Lipinski definition) is 3. The summed E-state index contributed by atoms with van der Waals surface area (Å²) in [5, 5.41) is 3.08. The first-order chi connectivity index (χ1) is 8.00. The van der Waals surface area contributed by atoms with Crippen LogP contribution < -0.4 is 11.1 Å². The van der Waals surface area contributed by atoms with Gasteiger partial charge in [-0.2, -0.15) is 0 Å². The van der Waals surface area contributed by atoms with Gasteiger partial charge in [0.15, 0.2) is 0 Å². The van der Waals surface area contributed by atoms with Gasteiger partial charge in [0.1, 0.15) is 5.82 Å². The van der Waals surface area contributed by atoms with Gasteiger partial charge in [0.25, 0.3) is 0 Å². The van der Waals surface area contributed by atoms with E-state index in [1.165, 1.54) is 6.07 Å². The maximum atomic E-state index is 13.4. The fourth-order valence-electron chi connectivity index (χ4n) is 1.48. The number of halogens is 1. The van der Waals surface area contributed by atoms with E-state index in [2.05, 4.69) is 31.1 Å². The fourth-order valence-corrected chi connectivity index (χ4v) is 1.48. The van der Waals surface area contributed by atoms with Crippen molar-refractivity contribution in [2.24, 2.45) is 0 Å². The molecule has 96 valence electrons. The van der Waals surface area contributed by atoms with Gasteiger partial charge in [-0.15, -0.1) is 0 Å². The quantitative estimate of drug-likeness (QED) is 0.592. The van der Waals surface area contributed by atoms with E-state index in [9.17, 15) is 4.39 Å². The molecule has 0 saturated heterocycles. The van der Waals surface area contributed by atoms with Gasteiger partial charge in [-0.3, -0.25) is 0 Å². The first-order valence-corrected chi connectivity index (χ1v) is 6.00. The molecule has 0 amide bonds. The Morgan fingerprint density at radius 1 is 1.41 bits per heavy atom. The summed E-state index contributed by atoms with van der Waals surface area (Å²) in [6, 6.07) is 5.26. The molecule has 0 atom stereocenters. The number of nitrogen functional groups attached to an aromatic ring is 1. The SMILES string of the molecule is CC(C)N(C)CCCNc1ccc(N)cc1F. The predicted molar refractivity (Wildman–Crippen MR) is 71.7 cm³/mol. The maximum Gasteiger partial charge on any atom is 0.148 e. The summed E-state index contributed by atoms with van der Waals surface area (Å²) in [6.45, 7) is 6.08. The summed E-state index contributed by atoms with van der Waals surface area (Å²) in [6.07, 6.45) is 0.985. The van der Waals surface area contributed by atoms with E-state index in [1.807, 2.05) is 0 Å². The summed E-state index contributed by atoms with van der Waals surface area (Å²) >= 11 is 0. The molecule has 1 aromatic rings. The summed E-state index contributed by atoms with van der Waals surface area (Å²) in [5.74, 6) is -0.290. The van der Waals surface area contributed by atoms with Gasteiger partial charge < -0.3 is 16.0 Å². The molecular weight excluding hydrogens is 217 g/mol. The summed E-state index contributed by atoms with van der Waals surface area (Å²) in [7, 11) is 2.09. The number of rotatable bonds is 6. The van der Waals surface area contributed by atoms with Gasteiger partial charge in [-0.25, -0.2) is 4.39 Å². The minimum atomic E-state index is -0.290. The van der Waals surface area contributed by atoms with Crippen LogP contribution in [0.5, 0.6) is 0 Å². The highest BCUT2D eigenvalue weighted by Crippen LogP contribution is 2.16. The first-order valence-electron chi connectivity index (χ1n) is 6.00. The molecular formula is C13H22FN3. The van der Waals surface area contributed by atoms with Crippen molar-refractivity contribution >= 4 is 11.4 Å². The minimum absolute atomic E-state index is 0.290. The van der Waals surface area contributed by atoms with Crippen molar-refractivity contribution in [1.29, 1.82) is 0 Å². The van der Waals surface area contributed by atoms with Crippen LogP contribution in [-0.4, -0.2) is 31.1 Å². The minimum Gasteiger partial charge on any atom is -0.399 e. The zero-order chi connectivity index (χ0) is 12.8. The van der Waals surface area contributed by atoms with Crippen molar-refractivity contribution in [2.75, 3.05) is 31.2 Å². The molecule has 17 heavy (non-hydrogen) atoms. The molecule has 3 N–H and O–H groups in total. The third-order valence-corrected chi connectivity index (χ3v) is 2.88. The van der Waals surface area contributed by atoms with Crippen molar-refractivity contribution < 1.29 is 4.39 Å². The molecule has 0 bridgehead atoms. The fraction of sp³-hybridized carbons (Fsp3) is 0.538. The van der Waals surface area contributed by atoms with E-state index in [1.54, 1.807) is 12.1 Å². The zero-order valence-electron chi connectivity index (χ0n) is 10.8. The van der Waals surface area contributed by atoms with Crippen LogP contribution in [-0.2, 0) is 0 Å². The van der Waals surface area contributed by atoms with Crippen LogP contribution in [0.15, 0.2) is 18.2 Å². The van der Waals surface area contributed by atoms with Crippen LogP contribution in [0.2, 0.25) is 0 Å². The number of nitrogens with two attached hydrogens (primary N) is 1. The Labute approximate surface area is 103 Å². The van der Waals surface area contributed by atoms with Crippen LogP contribution in [0.4, 0.5) is 15.8 Å². The van der Waals surface area contributed by atoms with Crippen LogP contribution >= 0.6 is 0 Å². The van der Waals surface area contributed by atoms with E-state index in [-0.39, 0.29) is 5.82 Å². The number of nitrogens with one attached hydrogen (secondary N) is 1. The molecule has 1 rings (SSSR count). The lowest BCUT2D eigenvalue weighted by atomic mass is 10.2. The van der Waals surface area contributed by atoms with Gasteiger partial charge in [-0.05, 0) is 52.1 Å². The molecule has 4 heteroatoms. The summed E-state index contributed by atoms with van der Waals surface area (Å²) < 4.78 is 13.4. The Hall–Kier alpha value is -1.29. The standard InChI is InChI=1S/C13H22FN3/c1-10(2)17(3)8-4-7-16-13-6-5-11(15)9-12(13)14/h5-6,9-10,16H,4,7-8,15H2,1-3H3. The lowest BCUT2D eigenvalue weighted by molar-refractivity contribution is 0.273. The van der Waals surface area contributed by atoms with Gasteiger partial charge in [0.2, 0.25) is 0 Å². The molecule has 0 spiro atoms. The molecule has 0 aromatic heterocycles. The number of nitrogens with zero attached hydrogens (tertiary/aromatic N) is 1. The Bertz CT molecular complexity index is 353. The van der Waals surface area contributed by atoms with E-state index in [0.29, 0.717) is 17.4 Å². The number of anilines is 2. The number of hydrogen-bond donors (Lipinski definition) is 2. The Balaban J connectivity index is 2.31. The lowest BCUT2D eigenvalue weighted by Crippen LogP contribution is -2.28. The smallest absolute Gasteiger partial charge is 0.148 e. The van der Waals surface area contributed by atoms with E-state index >= 15 is 0 Å². The van der Waals surface area contributed by atoms with Crippen LogP contribution in [0.1, 0.15) is 20.3 Å². The van der Waals surface area contributed by atoms with Crippen molar-refractivity contribution in [1.82, 2.24) is 4.90 Å². The third-order valence-electron chi connectivity index (χ3n) is 2.88. The molecule has 1 aromatic carbocycles. The molecule has 0 aliphatic rings. The third kappa shape index (κ3) is 4.61. The Kier molecular flexibility index (Phi) is 5.22. The molecule has 3 nitrogen and oxygen atoms in total. The van der Waals surface area contributed by atoms with Crippen LogP contribution in [0, 0.1) is 5.82 Å². The topological polar surface area (TPSA) is 41.3 Å². The van der Waals surface area contributed by atoms with Crippen molar-refractivity contribution in [2.45, 2.75) is 26.3 Å². The molecule has 0 fully saturated rings. The monoisotopic (exact) mass is 239 g/mol. The second-order valence-electron chi connectivity index (χ2n) is 4.59. The van der Waals surface area contributed by atoms with E-state index < -0.39 is 0 Å². The largest absolute Gasteiger partial charge is 0.399 e. The number of benzene rings is 1. The summed E-state index contributed by atoms with van der Waals surface area (Å²) in [5.41, 5.74) is 6.45. The highest BCUT2D eigenvalue weighted by atomic mass is 19.1. The Morgan fingerprint density at radius 3 is 2.71 bits per heavy atom. The van der Waals surface area contributed by atoms with Crippen molar-refractivity contribution in [3.63, 3.8) is 0 Å². The highest BCUT2D eigenvalue weighted by molar-refractivity contribution is 5.52. The van der Waals surface area contributed by atoms with Crippen LogP contribution in [0.25, 0.3) is 0 Å². The molecule has 0 unspecified atom stereocenters. The Morgan fingerprint density at radius 2 is 2.12 bits per heavy atom. The first kappa shape index (κ1) is 13.8. The zero-order valence-corrected chi connectivity index (χ0v) is 10.8. The molecule has 0 aliphatic heterocycles. The van der Waals surface area contributed by atoms with Crippen molar-refractivity contribution in [3.8, 4) is 0 Å². The second-order valence-corrected chi connectivity index (χ2v) is 4.59. The lowest BCUT2D eigenvalue weighted by Gasteiger charge is -2.20. The average Bonchev–Trinajstić information content (AvgIpc) is 2.26. The molecule has 0 radical (unpaired) electrons. The van der Waals surface area contributed by atoms with Gasteiger partial charge >= 0.3 is 0 Å². The van der Waals surface area contributed by atoms with Gasteiger partial charge in [0, 0.05) is 18.3 Å². The van der Waals surface area contributed by atoms with Crippen molar-refractivity contribution in [3.05, 3.63) is 24.0 Å². The molecule has 0 aliphatic carbocycles. The highest BCUT2D eigenvalue weighted by Gasteiger charge is 2.03. The van der Waals surface area contributed by atoms with E-state index in [0.717, 1.165) is 19.5 Å².